The Morgan fingerprint density at radius 2 is 1.66 bits per heavy atom. The van der Waals surface area contributed by atoms with Gasteiger partial charge in [-0.25, -0.2) is 18.4 Å². The zero-order valence-electron chi connectivity index (χ0n) is 16.9. The van der Waals surface area contributed by atoms with Crippen LogP contribution in [0.3, 0.4) is 0 Å². The molecule has 32 heavy (non-hydrogen) atoms. The fraction of sp³-hybridized carbons (Fsp3) is 0.136. The van der Waals surface area contributed by atoms with Gasteiger partial charge in [-0.1, -0.05) is 46.3 Å². The Bertz CT molecular complexity index is 1180. The number of hydrogen-bond acceptors (Lipinski definition) is 7. The van der Waals surface area contributed by atoms with E-state index in [-0.39, 0.29) is 15.6 Å². The van der Waals surface area contributed by atoms with Gasteiger partial charge in [-0.3, -0.25) is 4.90 Å². The molecule has 1 heterocycles. The summed E-state index contributed by atoms with van der Waals surface area (Å²) < 4.78 is 39.6. The Labute approximate surface area is 190 Å². The van der Waals surface area contributed by atoms with Crippen molar-refractivity contribution < 1.29 is 27.8 Å². The maximum Gasteiger partial charge on any atom is 0.355 e. The fourth-order valence-electron chi connectivity index (χ4n) is 3.49. The summed E-state index contributed by atoms with van der Waals surface area (Å²) in [6, 6.07) is 12.1. The lowest BCUT2D eigenvalue weighted by molar-refractivity contribution is -0.139. The van der Waals surface area contributed by atoms with Crippen LogP contribution in [0.5, 0.6) is 0 Å². The van der Waals surface area contributed by atoms with E-state index in [1.165, 1.54) is 0 Å². The first-order valence-electron chi connectivity index (χ1n) is 9.06. The SMILES string of the molecule is COC(=O)C1=C(C(=O)OC)N(c2c(F)cc(Br)cc2F)C(N)=C(C#N)C1c1ccccc1. The van der Waals surface area contributed by atoms with Gasteiger partial charge in [0.15, 0.2) is 11.6 Å². The smallest absolute Gasteiger partial charge is 0.355 e. The van der Waals surface area contributed by atoms with Crippen molar-refractivity contribution in [2.75, 3.05) is 19.1 Å². The zero-order valence-corrected chi connectivity index (χ0v) is 18.4. The van der Waals surface area contributed by atoms with Crippen molar-refractivity contribution in [3.8, 4) is 6.07 Å². The minimum absolute atomic E-state index is 0.0928. The predicted octanol–water partition coefficient (Wildman–Crippen LogP) is 3.63. The molecule has 10 heteroatoms. The minimum Gasteiger partial charge on any atom is -0.466 e. The van der Waals surface area contributed by atoms with Gasteiger partial charge in [0.2, 0.25) is 0 Å². The van der Waals surface area contributed by atoms with E-state index in [1.807, 2.05) is 6.07 Å². The Kier molecular flexibility index (Phi) is 6.60. The number of nitrogens with zero attached hydrogens (tertiary/aromatic N) is 2. The van der Waals surface area contributed by atoms with Crippen molar-refractivity contribution in [1.82, 2.24) is 0 Å². The monoisotopic (exact) mass is 503 g/mol. The van der Waals surface area contributed by atoms with Gasteiger partial charge in [-0.05, 0) is 17.7 Å². The molecule has 7 nitrogen and oxygen atoms in total. The summed E-state index contributed by atoms with van der Waals surface area (Å²) in [5.41, 5.74) is 4.76. The van der Waals surface area contributed by atoms with E-state index in [0.29, 0.717) is 10.5 Å². The quantitative estimate of drug-likeness (QED) is 0.635. The summed E-state index contributed by atoms with van der Waals surface area (Å²) in [5.74, 6) is -5.87. The average molecular weight is 504 g/mol. The van der Waals surface area contributed by atoms with Gasteiger partial charge in [-0.15, -0.1) is 0 Å². The first-order chi connectivity index (χ1) is 15.3. The molecule has 0 aromatic heterocycles. The van der Waals surface area contributed by atoms with E-state index in [0.717, 1.165) is 26.4 Å². The first kappa shape index (κ1) is 23.0. The van der Waals surface area contributed by atoms with Gasteiger partial charge in [0, 0.05) is 4.47 Å². The van der Waals surface area contributed by atoms with Gasteiger partial charge < -0.3 is 15.2 Å². The van der Waals surface area contributed by atoms with E-state index in [1.54, 1.807) is 30.3 Å². The second-order valence-electron chi connectivity index (χ2n) is 6.55. The van der Waals surface area contributed by atoms with E-state index in [4.69, 9.17) is 15.2 Å². The number of ether oxygens (including phenoxy) is 2. The van der Waals surface area contributed by atoms with Crippen LogP contribution in [0.1, 0.15) is 11.5 Å². The molecule has 0 radical (unpaired) electrons. The lowest BCUT2D eigenvalue weighted by Crippen LogP contribution is -2.41. The van der Waals surface area contributed by atoms with E-state index in [2.05, 4.69) is 15.9 Å². The summed E-state index contributed by atoms with van der Waals surface area (Å²) >= 11 is 2.98. The number of nitrogens with two attached hydrogens (primary N) is 1. The minimum atomic E-state index is -1.14. The van der Waals surface area contributed by atoms with Crippen molar-refractivity contribution in [1.29, 1.82) is 5.26 Å². The summed E-state index contributed by atoms with van der Waals surface area (Å²) in [6.45, 7) is 0. The second kappa shape index (κ2) is 9.20. The van der Waals surface area contributed by atoms with Crippen LogP contribution < -0.4 is 10.6 Å². The summed E-state index contributed by atoms with van der Waals surface area (Å²) in [4.78, 5) is 26.4. The standard InChI is InChI=1S/C22H16BrF2N3O4/c1-31-21(29)17-16(11-6-4-3-5-7-11)13(10-26)20(27)28(19(17)22(30)32-2)18-14(24)8-12(23)9-15(18)25/h3-9,16H,27H2,1-2H3. The highest BCUT2D eigenvalue weighted by atomic mass is 79.9. The molecule has 0 saturated heterocycles. The van der Waals surface area contributed by atoms with Gasteiger partial charge >= 0.3 is 11.9 Å². The average Bonchev–Trinajstić information content (AvgIpc) is 2.78. The molecule has 0 bridgehead atoms. The number of carbonyl (C=O) groups is 2. The normalized spacial score (nSPS) is 16.0. The number of halogens is 3. The number of benzene rings is 2. The Morgan fingerprint density at radius 1 is 1.09 bits per heavy atom. The van der Waals surface area contributed by atoms with Crippen LogP contribution in [0.25, 0.3) is 0 Å². The van der Waals surface area contributed by atoms with Crippen molar-refractivity contribution >= 4 is 33.6 Å². The fourth-order valence-corrected chi connectivity index (χ4v) is 3.90. The summed E-state index contributed by atoms with van der Waals surface area (Å²) in [6.07, 6.45) is 0. The van der Waals surface area contributed by atoms with Crippen molar-refractivity contribution in [2.45, 2.75) is 5.92 Å². The predicted molar refractivity (Wildman–Crippen MR) is 114 cm³/mol. The number of nitriles is 1. The van der Waals surface area contributed by atoms with Crippen LogP contribution in [-0.2, 0) is 19.1 Å². The number of rotatable bonds is 4. The maximum absolute atomic E-state index is 14.9. The molecule has 1 aliphatic rings. The number of allylic oxidation sites excluding steroid dienone is 1. The zero-order chi connectivity index (χ0) is 23.6. The molecular weight excluding hydrogens is 488 g/mol. The third-order valence-electron chi connectivity index (χ3n) is 4.82. The second-order valence-corrected chi connectivity index (χ2v) is 7.47. The van der Waals surface area contributed by atoms with Crippen LogP contribution in [0.15, 0.2) is 69.6 Å². The highest BCUT2D eigenvalue weighted by molar-refractivity contribution is 9.10. The van der Waals surface area contributed by atoms with E-state index >= 15 is 0 Å². The molecule has 1 aliphatic heterocycles. The molecule has 0 spiro atoms. The van der Waals surface area contributed by atoms with Crippen molar-refractivity contribution in [2.24, 2.45) is 5.73 Å². The van der Waals surface area contributed by atoms with Crippen molar-refractivity contribution in [3.05, 3.63) is 86.8 Å². The van der Waals surface area contributed by atoms with Crippen LogP contribution in [0, 0.1) is 23.0 Å². The Morgan fingerprint density at radius 3 is 2.16 bits per heavy atom. The van der Waals surface area contributed by atoms with E-state index < -0.39 is 46.7 Å². The molecule has 1 atom stereocenters. The summed E-state index contributed by atoms with van der Waals surface area (Å²) in [5, 5.41) is 9.89. The molecule has 1 unspecified atom stereocenters. The largest absolute Gasteiger partial charge is 0.466 e. The third-order valence-corrected chi connectivity index (χ3v) is 5.27. The maximum atomic E-state index is 14.9. The molecule has 0 aliphatic carbocycles. The van der Waals surface area contributed by atoms with Crippen LogP contribution in [0.2, 0.25) is 0 Å². The molecule has 164 valence electrons. The van der Waals surface area contributed by atoms with Crippen molar-refractivity contribution in [3.63, 3.8) is 0 Å². The Hall–Kier alpha value is -3.71. The number of hydrogen-bond donors (Lipinski definition) is 1. The topological polar surface area (TPSA) is 106 Å². The van der Waals surface area contributed by atoms with Gasteiger partial charge in [0.1, 0.15) is 17.2 Å². The highest BCUT2D eigenvalue weighted by Gasteiger charge is 2.44. The number of carbonyl (C=O) groups excluding carboxylic acids is 2. The Balaban J connectivity index is 2.48. The highest BCUT2D eigenvalue weighted by Crippen LogP contribution is 2.44. The lowest BCUT2D eigenvalue weighted by atomic mass is 9.81. The third kappa shape index (κ3) is 3.83. The van der Waals surface area contributed by atoms with Gasteiger partial charge in [0.05, 0.1) is 37.4 Å². The first-order valence-corrected chi connectivity index (χ1v) is 9.86. The van der Waals surface area contributed by atoms with Gasteiger partial charge in [0.25, 0.3) is 0 Å². The van der Waals surface area contributed by atoms with Crippen LogP contribution in [-0.4, -0.2) is 26.2 Å². The molecule has 2 aromatic carbocycles. The molecule has 0 saturated carbocycles. The number of esters is 2. The van der Waals surface area contributed by atoms with E-state index in [9.17, 15) is 23.6 Å². The molecule has 0 amide bonds. The molecule has 2 aromatic rings. The molecular formula is C22H16BrF2N3O4. The van der Waals surface area contributed by atoms with Gasteiger partial charge in [-0.2, -0.15) is 5.26 Å². The lowest BCUT2D eigenvalue weighted by Gasteiger charge is -2.36. The summed E-state index contributed by atoms with van der Waals surface area (Å²) in [7, 11) is 2.11. The number of anilines is 1. The molecule has 0 fully saturated rings. The molecule has 2 N–H and O–H groups in total. The van der Waals surface area contributed by atoms with Crippen LogP contribution >= 0.6 is 15.9 Å². The molecule has 3 rings (SSSR count). The number of methoxy groups -OCH3 is 2. The van der Waals surface area contributed by atoms with Crippen LogP contribution in [0.4, 0.5) is 14.5 Å².